The van der Waals surface area contributed by atoms with Gasteiger partial charge in [-0.3, -0.25) is 4.98 Å². The number of nitriles is 1. The first-order valence-electron chi connectivity index (χ1n) is 5.21. The maximum atomic E-state index is 8.77. The number of nitrogens with zero attached hydrogens (tertiary/aromatic N) is 2. The highest BCUT2D eigenvalue weighted by Crippen LogP contribution is 2.26. The van der Waals surface area contributed by atoms with Crippen molar-refractivity contribution in [2.24, 2.45) is 5.92 Å². The molecule has 0 radical (unpaired) electrons. The van der Waals surface area contributed by atoms with Gasteiger partial charge in [0, 0.05) is 11.9 Å². The van der Waals surface area contributed by atoms with Crippen molar-refractivity contribution in [1.29, 1.82) is 5.26 Å². The summed E-state index contributed by atoms with van der Waals surface area (Å²) < 4.78 is 0. The molecule has 0 aromatic carbocycles. The fourth-order valence-electron chi connectivity index (χ4n) is 2.10. The molecule has 0 spiro atoms. The van der Waals surface area contributed by atoms with Crippen molar-refractivity contribution in [3.05, 3.63) is 29.1 Å². The second-order valence-electron chi connectivity index (χ2n) is 3.96. The SMILES string of the molecule is CCC1CCc2ncc(C#N)cc2C1. The van der Waals surface area contributed by atoms with Crippen LogP contribution in [0.5, 0.6) is 0 Å². The molecular weight excluding hydrogens is 172 g/mol. The van der Waals surface area contributed by atoms with Crippen LogP contribution in [0.3, 0.4) is 0 Å². The van der Waals surface area contributed by atoms with Gasteiger partial charge in [-0.2, -0.15) is 5.26 Å². The molecule has 1 aromatic rings. The van der Waals surface area contributed by atoms with Crippen molar-refractivity contribution in [2.75, 3.05) is 0 Å². The molecule has 1 aromatic heterocycles. The van der Waals surface area contributed by atoms with Crippen LogP contribution in [0, 0.1) is 17.2 Å². The molecule has 0 fully saturated rings. The second-order valence-corrected chi connectivity index (χ2v) is 3.96. The maximum absolute atomic E-state index is 8.77. The summed E-state index contributed by atoms with van der Waals surface area (Å²) in [7, 11) is 0. The van der Waals surface area contributed by atoms with E-state index in [0.29, 0.717) is 5.56 Å². The Balaban J connectivity index is 2.31. The van der Waals surface area contributed by atoms with Crippen LogP contribution >= 0.6 is 0 Å². The largest absolute Gasteiger partial charge is 0.260 e. The second kappa shape index (κ2) is 3.79. The van der Waals surface area contributed by atoms with Crippen molar-refractivity contribution >= 4 is 0 Å². The maximum Gasteiger partial charge on any atom is 0.101 e. The first kappa shape index (κ1) is 9.21. The zero-order valence-corrected chi connectivity index (χ0v) is 8.45. The minimum atomic E-state index is 0.695. The van der Waals surface area contributed by atoms with Crippen LogP contribution in [0.15, 0.2) is 12.3 Å². The lowest BCUT2D eigenvalue weighted by Crippen LogP contribution is -2.14. The standard InChI is InChI=1S/C12H14N2/c1-2-9-3-4-12-11(5-9)6-10(7-13)8-14-12/h6,8-9H,2-5H2,1H3. The molecule has 1 unspecified atom stereocenters. The third-order valence-electron chi connectivity index (χ3n) is 3.06. The molecule has 0 N–H and O–H groups in total. The highest BCUT2D eigenvalue weighted by atomic mass is 14.7. The number of hydrogen-bond donors (Lipinski definition) is 0. The number of aryl methyl sites for hydroxylation is 1. The molecule has 2 heteroatoms. The lowest BCUT2D eigenvalue weighted by Gasteiger charge is -2.22. The Morgan fingerprint density at radius 2 is 2.50 bits per heavy atom. The quantitative estimate of drug-likeness (QED) is 0.675. The molecule has 0 bridgehead atoms. The van der Waals surface area contributed by atoms with Crippen molar-refractivity contribution < 1.29 is 0 Å². The average Bonchev–Trinajstić information content (AvgIpc) is 2.27. The number of hydrogen-bond acceptors (Lipinski definition) is 2. The van der Waals surface area contributed by atoms with Gasteiger partial charge in [0.15, 0.2) is 0 Å². The van der Waals surface area contributed by atoms with Gasteiger partial charge in [0.2, 0.25) is 0 Å². The summed E-state index contributed by atoms with van der Waals surface area (Å²) in [4.78, 5) is 4.34. The van der Waals surface area contributed by atoms with Crippen LogP contribution in [0.25, 0.3) is 0 Å². The summed E-state index contributed by atoms with van der Waals surface area (Å²) >= 11 is 0. The van der Waals surface area contributed by atoms with Crippen molar-refractivity contribution in [2.45, 2.75) is 32.6 Å². The molecule has 0 saturated heterocycles. The van der Waals surface area contributed by atoms with E-state index in [1.807, 2.05) is 6.07 Å². The van der Waals surface area contributed by atoms with Gasteiger partial charge in [-0.1, -0.05) is 13.3 Å². The third kappa shape index (κ3) is 1.63. The van der Waals surface area contributed by atoms with Gasteiger partial charge >= 0.3 is 0 Å². The van der Waals surface area contributed by atoms with E-state index in [4.69, 9.17) is 5.26 Å². The highest BCUT2D eigenvalue weighted by Gasteiger charge is 2.18. The van der Waals surface area contributed by atoms with E-state index < -0.39 is 0 Å². The molecule has 1 aliphatic carbocycles. The summed E-state index contributed by atoms with van der Waals surface area (Å²) in [6, 6.07) is 4.15. The minimum Gasteiger partial charge on any atom is -0.260 e. The lowest BCUT2D eigenvalue weighted by molar-refractivity contribution is 0.440. The van der Waals surface area contributed by atoms with Gasteiger partial charge in [0.05, 0.1) is 5.56 Å². The summed E-state index contributed by atoms with van der Waals surface area (Å²) in [5, 5.41) is 8.77. The van der Waals surface area contributed by atoms with Crippen LogP contribution in [0.4, 0.5) is 0 Å². The van der Waals surface area contributed by atoms with E-state index in [-0.39, 0.29) is 0 Å². The highest BCUT2D eigenvalue weighted by molar-refractivity contribution is 5.34. The van der Waals surface area contributed by atoms with Gasteiger partial charge < -0.3 is 0 Å². The molecule has 2 rings (SSSR count). The molecule has 1 heterocycles. The van der Waals surface area contributed by atoms with Crippen molar-refractivity contribution in [3.63, 3.8) is 0 Å². The summed E-state index contributed by atoms with van der Waals surface area (Å²) in [5.74, 6) is 0.790. The Bertz CT molecular complexity index is 376. The van der Waals surface area contributed by atoms with Crippen LogP contribution in [0.1, 0.15) is 36.6 Å². The molecule has 0 amide bonds. The molecule has 0 aliphatic heterocycles. The average molecular weight is 186 g/mol. The van der Waals surface area contributed by atoms with E-state index in [0.717, 1.165) is 18.8 Å². The monoisotopic (exact) mass is 186 g/mol. The first-order valence-corrected chi connectivity index (χ1v) is 5.21. The Labute approximate surface area is 84.6 Å². The fourth-order valence-corrected chi connectivity index (χ4v) is 2.10. The van der Waals surface area contributed by atoms with Gasteiger partial charge in [0.25, 0.3) is 0 Å². The fraction of sp³-hybridized carbons (Fsp3) is 0.500. The topological polar surface area (TPSA) is 36.7 Å². The smallest absolute Gasteiger partial charge is 0.101 e. The lowest BCUT2D eigenvalue weighted by atomic mass is 9.85. The van der Waals surface area contributed by atoms with E-state index >= 15 is 0 Å². The molecule has 2 nitrogen and oxygen atoms in total. The van der Waals surface area contributed by atoms with Crippen molar-refractivity contribution in [3.8, 4) is 6.07 Å². The van der Waals surface area contributed by atoms with E-state index in [1.165, 1.54) is 24.1 Å². The summed E-state index contributed by atoms with van der Waals surface area (Å²) in [6.45, 7) is 2.23. The van der Waals surface area contributed by atoms with Crippen molar-refractivity contribution in [1.82, 2.24) is 4.98 Å². The summed E-state index contributed by atoms with van der Waals surface area (Å²) in [5.41, 5.74) is 3.19. The number of rotatable bonds is 1. The Kier molecular flexibility index (Phi) is 2.49. The number of fused-ring (bicyclic) bond motifs is 1. The van der Waals surface area contributed by atoms with E-state index in [2.05, 4.69) is 18.0 Å². The molecule has 14 heavy (non-hydrogen) atoms. The molecule has 0 saturated carbocycles. The van der Waals surface area contributed by atoms with Crippen LogP contribution in [-0.2, 0) is 12.8 Å². The number of pyridine rings is 1. The minimum absolute atomic E-state index is 0.695. The van der Waals surface area contributed by atoms with Gasteiger partial charge in [-0.25, -0.2) is 0 Å². The zero-order chi connectivity index (χ0) is 9.97. The Morgan fingerprint density at radius 3 is 3.21 bits per heavy atom. The first-order chi connectivity index (χ1) is 6.83. The van der Waals surface area contributed by atoms with E-state index in [1.54, 1.807) is 6.20 Å². The van der Waals surface area contributed by atoms with Gasteiger partial charge in [0.1, 0.15) is 6.07 Å². The normalized spacial score (nSPS) is 19.9. The molecule has 72 valence electrons. The molecular formula is C12H14N2. The predicted octanol–water partition coefficient (Wildman–Crippen LogP) is 2.47. The summed E-state index contributed by atoms with van der Waals surface area (Å²) in [6.07, 6.45) is 6.36. The van der Waals surface area contributed by atoms with Gasteiger partial charge in [-0.05, 0) is 36.8 Å². The number of aromatic nitrogens is 1. The Hall–Kier alpha value is -1.36. The molecule has 1 aliphatic rings. The zero-order valence-electron chi connectivity index (χ0n) is 8.45. The Morgan fingerprint density at radius 1 is 1.64 bits per heavy atom. The van der Waals surface area contributed by atoms with Crippen LogP contribution in [-0.4, -0.2) is 4.98 Å². The van der Waals surface area contributed by atoms with Crippen LogP contribution < -0.4 is 0 Å². The van der Waals surface area contributed by atoms with Crippen LogP contribution in [0.2, 0.25) is 0 Å². The van der Waals surface area contributed by atoms with Gasteiger partial charge in [-0.15, -0.1) is 0 Å². The van der Waals surface area contributed by atoms with E-state index in [9.17, 15) is 0 Å². The third-order valence-corrected chi connectivity index (χ3v) is 3.06. The molecule has 1 atom stereocenters. The predicted molar refractivity (Wildman–Crippen MR) is 54.8 cm³/mol.